The molecule has 16 heavy (non-hydrogen) atoms. The molecule has 0 fully saturated rings. The van der Waals surface area contributed by atoms with E-state index in [2.05, 4.69) is 0 Å². The van der Waals surface area contributed by atoms with Gasteiger partial charge in [0.2, 0.25) is 0 Å². The zero-order valence-electron chi connectivity index (χ0n) is 8.32. The Labute approximate surface area is 110 Å². The molecule has 1 atom stereocenters. The van der Waals surface area contributed by atoms with Crippen molar-refractivity contribution in [2.24, 2.45) is 5.73 Å². The third kappa shape index (κ3) is 5.03. The second kappa shape index (κ2) is 6.97. The molecule has 0 saturated heterocycles. The maximum absolute atomic E-state index is 10.4. The number of carbonyl (C=O) groups is 1. The van der Waals surface area contributed by atoms with E-state index in [1.807, 2.05) is 0 Å². The topological polar surface area (TPSA) is 63.3 Å². The van der Waals surface area contributed by atoms with Crippen molar-refractivity contribution in [3.63, 3.8) is 0 Å². The van der Waals surface area contributed by atoms with Crippen LogP contribution in [0.3, 0.4) is 0 Å². The number of nitrogens with two attached hydrogens (primary N) is 1. The summed E-state index contributed by atoms with van der Waals surface area (Å²) >= 11 is 11.6. The third-order valence-electron chi connectivity index (χ3n) is 1.92. The van der Waals surface area contributed by atoms with Crippen LogP contribution in [0.25, 0.3) is 0 Å². The predicted octanol–water partition coefficient (Wildman–Crippen LogP) is 2.76. The molecule has 3 nitrogen and oxygen atoms in total. The molecule has 3 N–H and O–H groups in total. The zero-order chi connectivity index (χ0) is 11.4. The van der Waals surface area contributed by atoms with Crippen molar-refractivity contribution in [3.8, 4) is 0 Å². The quantitative estimate of drug-likeness (QED) is 0.893. The monoisotopic (exact) mass is 283 g/mol. The lowest BCUT2D eigenvalue weighted by atomic mass is 10.0. The predicted molar refractivity (Wildman–Crippen MR) is 67.6 cm³/mol. The van der Waals surface area contributed by atoms with Gasteiger partial charge in [-0.05, 0) is 24.1 Å². The summed E-state index contributed by atoms with van der Waals surface area (Å²) < 4.78 is 0. The molecule has 0 aliphatic heterocycles. The molecule has 0 aliphatic rings. The van der Waals surface area contributed by atoms with E-state index >= 15 is 0 Å². The summed E-state index contributed by atoms with van der Waals surface area (Å²) in [5, 5.41) is 9.47. The Bertz CT molecular complexity index is 371. The molecular weight excluding hydrogens is 272 g/mol. The fourth-order valence-electron chi connectivity index (χ4n) is 1.27. The number of carboxylic acids is 1. The average molecular weight is 285 g/mol. The number of hydrogen-bond donors (Lipinski definition) is 2. The maximum Gasteiger partial charge on any atom is 0.304 e. The van der Waals surface area contributed by atoms with Crippen LogP contribution < -0.4 is 5.73 Å². The van der Waals surface area contributed by atoms with Crippen molar-refractivity contribution in [2.75, 3.05) is 0 Å². The minimum Gasteiger partial charge on any atom is -0.481 e. The summed E-state index contributed by atoms with van der Waals surface area (Å²) in [5.74, 6) is -0.900. The molecule has 1 rings (SSSR count). The summed E-state index contributed by atoms with van der Waals surface area (Å²) in [6, 6.07) is 4.76. The number of halogens is 3. The first-order chi connectivity index (χ1) is 6.99. The SMILES string of the molecule is Cl.N[C@H](CC(=O)O)Cc1ccc(Cl)c(Cl)c1. The lowest BCUT2D eigenvalue weighted by molar-refractivity contribution is -0.137. The summed E-state index contributed by atoms with van der Waals surface area (Å²) in [7, 11) is 0. The van der Waals surface area contributed by atoms with E-state index in [1.54, 1.807) is 18.2 Å². The van der Waals surface area contributed by atoms with E-state index < -0.39 is 12.0 Å². The van der Waals surface area contributed by atoms with Crippen molar-refractivity contribution in [3.05, 3.63) is 33.8 Å². The number of carboxylic acid groups (broad SMARTS) is 1. The number of rotatable bonds is 4. The highest BCUT2D eigenvalue weighted by Gasteiger charge is 2.09. The second-order valence-electron chi connectivity index (χ2n) is 3.31. The van der Waals surface area contributed by atoms with Gasteiger partial charge in [0, 0.05) is 6.04 Å². The van der Waals surface area contributed by atoms with Crippen LogP contribution in [0.4, 0.5) is 0 Å². The Kier molecular flexibility index (Phi) is 6.76. The molecule has 0 saturated carbocycles. The lowest BCUT2D eigenvalue weighted by Crippen LogP contribution is -2.26. The molecule has 1 aromatic rings. The van der Waals surface area contributed by atoms with Crippen molar-refractivity contribution >= 4 is 41.6 Å². The van der Waals surface area contributed by atoms with Gasteiger partial charge in [-0.3, -0.25) is 4.79 Å². The molecule has 0 aromatic heterocycles. The van der Waals surface area contributed by atoms with Crippen LogP contribution in [0, 0.1) is 0 Å². The molecule has 0 amide bonds. The van der Waals surface area contributed by atoms with Gasteiger partial charge in [0.15, 0.2) is 0 Å². The maximum atomic E-state index is 10.4. The van der Waals surface area contributed by atoms with Gasteiger partial charge < -0.3 is 10.8 Å². The Morgan fingerprint density at radius 2 is 2.00 bits per heavy atom. The minimum absolute atomic E-state index is 0. The van der Waals surface area contributed by atoms with E-state index in [9.17, 15) is 4.79 Å². The summed E-state index contributed by atoms with van der Waals surface area (Å²) in [4.78, 5) is 10.4. The fourth-order valence-corrected chi connectivity index (χ4v) is 1.59. The van der Waals surface area contributed by atoms with E-state index in [0.717, 1.165) is 5.56 Å². The number of hydrogen-bond acceptors (Lipinski definition) is 2. The van der Waals surface area contributed by atoms with Gasteiger partial charge in [0.25, 0.3) is 0 Å². The Balaban J connectivity index is 0.00000225. The molecular formula is C10H12Cl3NO2. The summed E-state index contributed by atoms with van der Waals surface area (Å²) in [6.45, 7) is 0. The van der Waals surface area contributed by atoms with Crippen LogP contribution in [0.15, 0.2) is 18.2 Å². The van der Waals surface area contributed by atoms with E-state index in [4.69, 9.17) is 34.0 Å². The number of aliphatic carboxylic acids is 1. The van der Waals surface area contributed by atoms with Crippen LogP contribution >= 0.6 is 35.6 Å². The highest BCUT2D eigenvalue weighted by molar-refractivity contribution is 6.42. The standard InChI is InChI=1S/C10H11Cl2NO2.ClH/c11-8-2-1-6(4-9(8)12)3-7(13)5-10(14)15;/h1-2,4,7H,3,5,13H2,(H,14,15);1H/t7-;/m0./s1. The first kappa shape index (κ1) is 15.5. The molecule has 0 spiro atoms. The molecule has 0 heterocycles. The normalized spacial score (nSPS) is 11.7. The Morgan fingerprint density at radius 3 is 2.50 bits per heavy atom. The van der Waals surface area contributed by atoms with Crippen molar-refractivity contribution in [2.45, 2.75) is 18.9 Å². The lowest BCUT2D eigenvalue weighted by Gasteiger charge is -2.09. The van der Waals surface area contributed by atoms with Crippen LogP contribution in [0.1, 0.15) is 12.0 Å². The van der Waals surface area contributed by atoms with Crippen LogP contribution in [0.5, 0.6) is 0 Å². The molecule has 0 bridgehead atoms. The smallest absolute Gasteiger partial charge is 0.304 e. The second-order valence-corrected chi connectivity index (χ2v) is 4.12. The molecule has 0 aliphatic carbocycles. The average Bonchev–Trinajstić information content (AvgIpc) is 2.10. The Hall–Kier alpha value is -0.480. The molecule has 90 valence electrons. The van der Waals surface area contributed by atoms with Crippen LogP contribution in [-0.2, 0) is 11.2 Å². The highest BCUT2D eigenvalue weighted by atomic mass is 35.5. The molecule has 0 unspecified atom stereocenters. The fraction of sp³-hybridized carbons (Fsp3) is 0.300. The van der Waals surface area contributed by atoms with Crippen molar-refractivity contribution < 1.29 is 9.90 Å². The largest absolute Gasteiger partial charge is 0.481 e. The van der Waals surface area contributed by atoms with E-state index in [-0.39, 0.29) is 18.8 Å². The number of benzene rings is 1. The van der Waals surface area contributed by atoms with Crippen molar-refractivity contribution in [1.82, 2.24) is 0 Å². The van der Waals surface area contributed by atoms with Gasteiger partial charge in [-0.15, -0.1) is 12.4 Å². The summed E-state index contributed by atoms with van der Waals surface area (Å²) in [5.41, 5.74) is 6.53. The van der Waals surface area contributed by atoms with Gasteiger partial charge in [-0.25, -0.2) is 0 Å². The third-order valence-corrected chi connectivity index (χ3v) is 2.66. The van der Waals surface area contributed by atoms with Gasteiger partial charge in [0.1, 0.15) is 0 Å². The summed E-state index contributed by atoms with van der Waals surface area (Å²) in [6.07, 6.45) is 0.420. The first-order valence-corrected chi connectivity index (χ1v) is 5.16. The highest BCUT2D eigenvalue weighted by Crippen LogP contribution is 2.23. The van der Waals surface area contributed by atoms with Gasteiger partial charge in [0.05, 0.1) is 16.5 Å². The first-order valence-electron chi connectivity index (χ1n) is 4.40. The van der Waals surface area contributed by atoms with E-state index in [1.165, 1.54) is 0 Å². The van der Waals surface area contributed by atoms with Gasteiger partial charge in [-0.1, -0.05) is 29.3 Å². The zero-order valence-corrected chi connectivity index (χ0v) is 10.6. The molecule has 0 radical (unpaired) electrons. The van der Waals surface area contributed by atoms with Gasteiger partial charge >= 0.3 is 5.97 Å². The molecule has 1 aromatic carbocycles. The minimum atomic E-state index is -0.900. The van der Waals surface area contributed by atoms with Crippen LogP contribution in [0.2, 0.25) is 10.0 Å². The van der Waals surface area contributed by atoms with Crippen molar-refractivity contribution in [1.29, 1.82) is 0 Å². The van der Waals surface area contributed by atoms with Gasteiger partial charge in [-0.2, -0.15) is 0 Å². The molecule has 6 heteroatoms. The van der Waals surface area contributed by atoms with E-state index in [0.29, 0.717) is 16.5 Å². The van der Waals surface area contributed by atoms with Crippen LogP contribution in [-0.4, -0.2) is 17.1 Å². The Morgan fingerprint density at radius 1 is 1.38 bits per heavy atom.